The summed E-state index contributed by atoms with van der Waals surface area (Å²) in [7, 11) is 0. The summed E-state index contributed by atoms with van der Waals surface area (Å²) in [4.78, 5) is 0. The summed E-state index contributed by atoms with van der Waals surface area (Å²) in [6.45, 7) is 8.29. The highest BCUT2D eigenvalue weighted by Crippen LogP contribution is 2.11. The van der Waals surface area contributed by atoms with Gasteiger partial charge < -0.3 is 0 Å². The summed E-state index contributed by atoms with van der Waals surface area (Å²) < 4.78 is 0. The first kappa shape index (κ1) is 9.74. The number of hydrogen-bond acceptors (Lipinski definition) is 0. The first-order valence-electron chi connectivity index (χ1n) is 4.42. The van der Waals surface area contributed by atoms with Crippen LogP contribution in [-0.2, 0) is 0 Å². The van der Waals surface area contributed by atoms with Gasteiger partial charge in [0, 0.05) is 0 Å². The Kier molecular flexibility index (Phi) is 6.68. The molecule has 0 saturated heterocycles. The summed E-state index contributed by atoms with van der Waals surface area (Å²) in [5.74, 6) is 0.921. The van der Waals surface area contributed by atoms with Gasteiger partial charge in [-0.05, 0) is 18.8 Å². The molecule has 0 rings (SSSR count). The highest BCUT2D eigenvalue weighted by molar-refractivity contribution is 4.65. The lowest BCUT2D eigenvalue weighted by Gasteiger charge is -2.05. The fourth-order valence-electron chi connectivity index (χ4n) is 0.986. The van der Waals surface area contributed by atoms with Crippen molar-refractivity contribution >= 4 is 0 Å². The van der Waals surface area contributed by atoms with Gasteiger partial charge in [-0.1, -0.05) is 39.2 Å². The Balaban J connectivity index is 2.95. The third-order valence-corrected chi connectivity index (χ3v) is 2.05. The zero-order valence-electron chi connectivity index (χ0n) is 7.40. The highest BCUT2D eigenvalue weighted by atomic mass is 14.0. The molecule has 0 aliphatic heterocycles. The van der Waals surface area contributed by atoms with E-state index in [4.69, 9.17) is 0 Å². The van der Waals surface area contributed by atoms with Crippen molar-refractivity contribution in [3.8, 4) is 0 Å². The minimum atomic E-state index is 0.921. The summed E-state index contributed by atoms with van der Waals surface area (Å²) in [5.41, 5.74) is 0. The highest BCUT2D eigenvalue weighted by Gasteiger charge is 1.96. The van der Waals surface area contributed by atoms with Crippen LogP contribution in [0.4, 0.5) is 0 Å². The Morgan fingerprint density at radius 1 is 1.40 bits per heavy atom. The van der Waals surface area contributed by atoms with Crippen molar-refractivity contribution in [2.24, 2.45) is 5.92 Å². The maximum atomic E-state index is 3.70. The van der Waals surface area contributed by atoms with Crippen molar-refractivity contribution in [3.63, 3.8) is 0 Å². The van der Waals surface area contributed by atoms with E-state index in [-0.39, 0.29) is 0 Å². The fraction of sp³-hybridized carbons (Fsp3) is 0.800. The van der Waals surface area contributed by atoms with Gasteiger partial charge in [0.15, 0.2) is 0 Å². The molecule has 0 bridgehead atoms. The van der Waals surface area contributed by atoms with Gasteiger partial charge in [-0.3, -0.25) is 0 Å². The molecule has 0 N–H and O–H groups in total. The van der Waals surface area contributed by atoms with Crippen LogP contribution >= 0.6 is 0 Å². The van der Waals surface area contributed by atoms with Gasteiger partial charge in [0.2, 0.25) is 0 Å². The van der Waals surface area contributed by atoms with Gasteiger partial charge in [0.25, 0.3) is 0 Å². The van der Waals surface area contributed by atoms with Crippen LogP contribution < -0.4 is 0 Å². The predicted octanol–water partition coefficient (Wildman–Crippen LogP) is 3.78. The van der Waals surface area contributed by atoms with E-state index in [0.717, 1.165) is 5.92 Å². The van der Waals surface area contributed by atoms with E-state index >= 15 is 0 Å². The van der Waals surface area contributed by atoms with Crippen LogP contribution in [-0.4, -0.2) is 0 Å². The molecular weight excluding hydrogens is 120 g/mol. The number of allylic oxidation sites excluding steroid dienone is 1. The smallest absolute Gasteiger partial charge is 0.0353 e. The molecule has 0 nitrogen and oxygen atoms in total. The molecule has 0 aromatic carbocycles. The molecule has 0 saturated carbocycles. The summed E-state index contributed by atoms with van der Waals surface area (Å²) >= 11 is 0. The molecule has 0 heterocycles. The van der Waals surface area contributed by atoms with E-state index in [1.54, 1.807) is 0 Å². The number of unbranched alkanes of at least 4 members (excludes halogenated alkanes) is 2. The standard InChI is InChI=1S/C10H20/c1-4-6-7-8-9-10(3)5-2/h4,10H,1,5-9H2,2-3H3/t10-/m1/s1. The zero-order valence-corrected chi connectivity index (χ0v) is 7.40. The van der Waals surface area contributed by atoms with Crippen molar-refractivity contribution in [2.45, 2.75) is 46.0 Å². The molecule has 0 fully saturated rings. The molecule has 1 atom stereocenters. The van der Waals surface area contributed by atoms with Gasteiger partial charge in [0.05, 0.1) is 0 Å². The zero-order chi connectivity index (χ0) is 7.82. The summed E-state index contributed by atoms with van der Waals surface area (Å²) in [6, 6.07) is 0. The molecule has 0 heteroatoms. The van der Waals surface area contributed by atoms with E-state index in [9.17, 15) is 0 Å². The van der Waals surface area contributed by atoms with Gasteiger partial charge in [-0.15, -0.1) is 6.58 Å². The fourth-order valence-corrected chi connectivity index (χ4v) is 0.986. The Bertz CT molecular complexity index is 74.1. The minimum absolute atomic E-state index is 0.921. The molecule has 10 heavy (non-hydrogen) atoms. The molecule has 0 radical (unpaired) electrons. The van der Waals surface area contributed by atoms with E-state index in [2.05, 4.69) is 20.4 Å². The van der Waals surface area contributed by atoms with Gasteiger partial charge in [0.1, 0.15) is 0 Å². The van der Waals surface area contributed by atoms with Gasteiger partial charge in [-0.25, -0.2) is 0 Å². The molecule has 0 amide bonds. The lowest BCUT2D eigenvalue weighted by molar-refractivity contribution is 0.486. The van der Waals surface area contributed by atoms with Gasteiger partial charge >= 0.3 is 0 Å². The van der Waals surface area contributed by atoms with Crippen molar-refractivity contribution in [2.75, 3.05) is 0 Å². The predicted molar refractivity (Wildman–Crippen MR) is 48.1 cm³/mol. The Hall–Kier alpha value is -0.260. The van der Waals surface area contributed by atoms with Crippen molar-refractivity contribution in [1.82, 2.24) is 0 Å². The van der Waals surface area contributed by atoms with E-state index in [1.165, 1.54) is 32.1 Å². The van der Waals surface area contributed by atoms with E-state index < -0.39 is 0 Å². The maximum absolute atomic E-state index is 3.70. The SMILES string of the molecule is C=CCCCC[C@H](C)CC. The van der Waals surface area contributed by atoms with Crippen LogP contribution in [0.1, 0.15) is 46.0 Å². The first-order chi connectivity index (χ1) is 4.81. The molecule has 60 valence electrons. The van der Waals surface area contributed by atoms with Crippen LogP contribution in [0.3, 0.4) is 0 Å². The molecule has 0 aliphatic rings. The Morgan fingerprint density at radius 3 is 2.60 bits per heavy atom. The molecule has 0 aromatic heterocycles. The third kappa shape index (κ3) is 5.87. The van der Waals surface area contributed by atoms with Crippen LogP contribution in [0.15, 0.2) is 12.7 Å². The summed E-state index contributed by atoms with van der Waals surface area (Å²) in [5, 5.41) is 0. The number of rotatable bonds is 6. The number of hydrogen-bond donors (Lipinski definition) is 0. The minimum Gasteiger partial charge on any atom is -0.103 e. The van der Waals surface area contributed by atoms with Crippen LogP contribution in [0, 0.1) is 5.92 Å². The van der Waals surface area contributed by atoms with Crippen molar-refractivity contribution in [3.05, 3.63) is 12.7 Å². The first-order valence-corrected chi connectivity index (χ1v) is 4.42. The maximum Gasteiger partial charge on any atom is -0.0353 e. The molecular formula is C10H20. The van der Waals surface area contributed by atoms with Gasteiger partial charge in [-0.2, -0.15) is 0 Å². The van der Waals surface area contributed by atoms with Crippen LogP contribution in [0.25, 0.3) is 0 Å². The topological polar surface area (TPSA) is 0 Å². The van der Waals surface area contributed by atoms with Crippen LogP contribution in [0.5, 0.6) is 0 Å². The molecule has 0 aliphatic carbocycles. The monoisotopic (exact) mass is 140 g/mol. The lowest BCUT2D eigenvalue weighted by Crippen LogP contribution is -1.90. The quantitative estimate of drug-likeness (QED) is 0.389. The molecule has 0 spiro atoms. The van der Waals surface area contributed by atoms with E-state index in [1.807, 2.05) is 6.08 Å². The largest absolute Gasteiger partial charge is 0.103 e. The average molecular weight is 140 g/mol. The van der Waals surface area contributed by atoms with Crippen molar-refractivity contribution in [1.29, 1.82) is 0 Å². The second kappa shape index (κ2) is 6.85. The Morgan fingerprint density at radius 2 is 2.10 bits per heavy atom. The normalized spacial score (nSPS) is 13.0. The summed E-state index contributed by atoms with van der Waals surface area (Å²) in [6.07, 6.45) is 8.63. The molecule has 0 unspecified atom stereocenters. The lowest BCUT2D eigenvalue weighted by atomic mass is 10.0. The van der Waals surface area contributed by atoms with Crippen molar-refractivity contribution < 1.29 is 0 Å². The average Bonchev–Trinajstić information content (AvgIpc) is 1.98. The Labute approximate surface area is 65.3 Å². The van der Waals surface area contributed by atoms with Crippen LogP contribution in [0.2, 0.25) is 0 Å². The molecule has 0 aromatic rings. The van der Waals surface area contributed by atoms with E-state index in [0.29, 0.717) is 0 Å². The third-order valence-electron chi connectivity index (χ3n) is 2.05. The second-order valence-corrected chi connectivity index (χ2v) is 3.09. The second-order valence-electron chi connectivity index (χ2n) is 3.09.